The van der Waals surface area contributed by atoms with Crippen molar-refractivity contribution in [3.05, 3.63) is 45.4 Å². The highest BCUT2D eigenvalue weighted by atomic mass is 16.6. The minimum atomic E-state index is -0.491. The number of aryl methyl sites for hydroxylation is 1. The molecule has 0 aliphatic rings. The lowest BCUT2D eigenvalue weighted by Crippen LogP contribution is -2.28. The van der Waals surface area contributed by atoms with Crippen LogP contribution < -0.4 is 10.1 Å². The molecule has 0 atom stereocenters. The molecule has 2 aromatic heterocycles. The number of hydrogen-bond acceptors (Lipinski definition) is 6. The Kier molecular flexibility index (Phi) is 4.89. The number of rotatable bonds is 6. The summed E-state index contributed by atoms with van der Waals surface area (Å²) in [5.41, 5.74) is 1.42. The van der Waals surface area contributed by atoms with Gasteiger partial charge in [-0.15, -0.1) is 0 Å². The Morgan fingerprint density at radius 2 is 2.22 bits per heavy atom. The molecule has 2 aromatic rings. The van der Waals surface area contributed by atoms with E-state index in [0.717, 1.165) is 5.56 Å². The summed E-state index contributed by atoms with van der Waals surface area (Å²) in [5, 5.41) is 17.7. The minimum absolute atomic E-state index is 0.0586. The number of carbonyl (C=O) groups excluding carboxylic acids is 1. The number of carbonyl (C=O) groups is 1. The quantitative estimate of drug-likeness (QED) is 0.631. The van der Waals surface area contributed by atoms with Gasteiger partial charge in [0, 0.05) is 18.8 Å². The number of hydrogen-bond donors (Lipinski definition) is 1. The molecule has 9 nitrogen and oxygen atoms in total. The van der Waals surface area contributed by atoms with Gasteiger partial charge < -0.3 is 10.1 Å². The van der Waals surface area contributed by atoms with Crippen molar-refractivity contribution in [2.75, 3.05) is 7.11 Å². The Morgan fingerprint density at radius 1 is 1.48 bits per heavy atom. The molecule has 0 saturated heterocycles. The third-order valence-electron chi connectivity index (χ3n) is 3.32. The summed E-state index contributed by atoms with van der Waals surface area (Å²) in [5.74, 6) is 0.173. The van der Waals surface area contributed by atoms with Crippen LogP contribution in [-0.4, -0.2) is 32.7 Å². The molecule has 0 spiro atoms. The lowest BCUT2D eigenvalue weighted by atomic mass is 10.2. The summed E-state index contributed by atoms with van der Waals surface area (Å²) in [6.45, 7) is 3.34. The molecular weight excluding hydrogens is 302 g/mol. The molecule has 2 heterocycles. The fraction of sp³-hybridized carbons (Fsp3) is 0.357. The first kappa shape index (κ1) is 16.4. The van der Waals surface area contributed by atoms with Gasteiger partial charge in [0.2, 0.25) is 11.8 Å². The lowest BCUT2D eigenvalue weighted by Gasteiger charge is -2.07. The molecule has 1 N–H and O–H groups in total. The first-order valence-corrected chi connectivity index (χ1v) is 6.86. The van der Waals surface area contributed by atoms with Crippen molar-refractivity contribution in [3.63, 3.8) is 0 Å². The van der Waals surface area contributed by atoms with E-state index in [1.165, 1.54) is 11.8 Å². The summed E-state index contributed by atoms with van der Waals surface area (Å²) < 4.78 is 6.34. The van der Waals surface area contributed by atoms with Crippen molar-refractivity contribution in [3.8, 4) is 5.88 Å². The zero-order valence-corrected chi connectivity index (χ0v) is 13.1. The van der Waals surface area contributed by atoms with Crippen LogP contribution in [0.15, 0.2) is 18.3 Å². The van der Waals surface area contributed by atoms with E-state index >= 15 is 0 Å². The molecule has 0 aliphatic heterocycles. The van der Waals surface area contributed by atoms with Crippen LogP contribution >= 0.6 is 0 Å². The molecule has 1 amide bonds. The average molecular weight is 319 g/mol. The second-order valence-electron chi connectivity index (χ2n) is 4.92. The maximum absolute atomic E-state index is 12.0. The van der Waals surface area contributed by atoms with Gasteiger partial charge in [-0.3, -0.25) is 19.6 Å². The van der Waals surface area contributed by atoms with Crippen LogP contribution in [0.2, 0.25) is 0 Å². The topological polar surface area (TPSA) is 112 Å². The van der Waals surface area contributed by atoms with Gasteiger partial charge in [-0.2, -0.15) is 5.10 Å². The van der Waals surface area contributed by atoms with E-state index in [-0.39, 0.29) is 18.1 Å². The van der Waals surface area contributed by atoms with E-state index in [9.17, 15) is 14.9 Å². The number of aromatic nitrogens is 3. The standard InChI is InChI=1S/C14H17N5O4/c1-9-14(19(21)22)10(2)18(17-9)8-12(20)16-7-11-4-5-15-13(6-11)23-3/h4-6H,7-8H2,1-3H3,(H,16,20). The summed E-state index contributed by atoms with van der Waals surface area (Å²) in [7, 11) is 1.51. The number of nitrogens with one attached hydrogen (secondary N) is 1. The predicted octanol–water partition coefficient (Wildman–Crippen LogP) is 1.13. The summed E-state index contributed by atoms with van der Waals surface area (Å²) in [4.78, 5) is 26.4. The lowest BCUT2D eigenvalue weighted by molar-refractivity contribution is -0.386. The highest BCUT2D eigenvalue weighted by Crippen LogP contribution is 2.21. The molecule has 0 unspecified atom stereocenters. The second kappa shape index (κ2) is 6.86. The van der Waals surface area contributed by atoms with Crippen LogP contribution in [0.25, 0.3) is 0 Å². The molecule has 0 saturated carbocycles. The smallest absolute Gasteiger partial charge is 0.312 e. The van der Waals surface area contributed by atoms with Crippen molar-refractivity contribution in [2.24, 2.45) is 0 Å². The van der Waals surface area contributed by atoms with E-state index in [2.05, 4.69) is 15.4 Å². The molecule has 0 aliphatic carbocycles. The zero-order chi connectivity index (χ0) is 17.0. The first-order chi connectivity index (χ1) is 10.9. The largest absolute Gasteiger partial charge is 0.481 e. The number of nitro groups is 1. The van der Waals surface area contributed by atoms with Gasteiger partial charge in [-0.1, -0.05) is 0 Å². The van der Waals surface area contributed by atoms with Gasteiger partial charge in [0.1, 0.15) is 17.9 Å². The maximum atomic E-state index is 12.0. The molecular formula is C14H17N5O4. The number of nitrogens with zero attached hydrogens (tertiary/aromatic N) is 4. The van der Waals surface area contributed by atoms with Crippen molar-refractivity contribution in [1.29, 1.82) is 0 Å². The number of amides is 1. The zero-order valence-electron chi connectivity index (χ0n) is 13.1. The molecule has 2 rings (SSSR count). The second-order valence-corrected chi connectivity index (χ2v) is 4.92. The van der Waals surface area contributed by atoms with Crippen LogP contribution in [0.5, 0.6) is 5.88 Å². The van der Waals surface area contributed by atoms with Gasteiger partial charge in [0.05, 0.1) is 12.0 Å². The monoisotopic (exact) mass is 319 g/mol. The number of pyridine rings is 1. The molecule has 0 fully saturated rings. The molecule has 122 valence electrons. The Balaban J connectivity index is 2.00. The fourth-order valence-corrected chi connectivity index (χ4v) is 2.17. The maximum Gasteiger partial charge on any atom is 0.312 e. The van der Waals surface area contributed by atoms with Gasteiger partial charge >= 0.3 is 5.69 Å². The van der Waals surface area contributed by atoms with Gasteiger partial charge in [-0.25, -0.2) is 4.98 Å². The van der Waals surface area contributed by atoms with Gasteiger partial charge in [0.15, 0.2) is 0 Å². The van der Waals surface area contributed by atoms with Crippen molar-refractivity contribution < 1.29 is 14.5 Å². The third kappa shape index (κ3) is 3.82. The Morgan fingerprint density at radius 3 is 2.83 bits per heavy atom. The van der Waals surface area contributed by atoms with Crippen LogP contribution in [0.4, 0.5) is 5.69 Å². The summed E-state index contributed by atoms with van der Waals surface area (Å²) in [6, 6.07) is 3.48. The van der Waals surface area contributed by atoms with E-state index in [0.29, 0.717) is 23.8 Å². The first-order valence-electron chi connectivity index (χ1n) is 6.86. The highest BCUT2D eigenvalue weighted by molar-refractivity contribution is 5.75. The summed E-state index contributed by atoms with van der Waals surface area (Å²) >= 11 is 0. The molecule has 0 radical (unpaired) electrons. The van der Waals surface area contributed by atoms with Gasteiger partial charge in [0.25, 0.3) is 0 Å². The Hall–Kier alpha value is -2.97. The van der Waals surface area contributed by atoms with E-state index in [4.69, 9.17) is 4.74 Å². The Labute approximate surface area is 132 Å². The van der Waals surface area contributed by atoms with Crippen molar-refractivity contribution >= 4 is 11.6 Å². The van der Waals surface area contributed by atoms with E-state index in [1.807, 2.05) is 0 Å². The molecule has 0 bridgehead atoms. The normalized spacial score (nSPS) is 10.4. The molecule has 23 heavy (non-hydrogen) atoms. The van der Waals surface area contributed by atoms with Crippen LogP contribution in [-0.2, 0) is 17.9 Å². The van der Waals surface area contributed by atoms with Crippen LogP contribution in [0.3, 0.4) is 0 Å². The van der Waals surface area contributed by atoms with Crippen molar-refractivity contribution in [2.45, 2.75) is 26.9 Å². The molecule has 0 aromatic carbocycles. The van der Waals surface area contributed by atoms with Crippen molar-refractivity contribution in [1.82, 2.24) is 20.1 Å². The van der Waals surface area contributed by atoms with Crippen LogP contribution in [0, 0.1) is 24.0 Å². The van der Waals surface area contributed by atoms with E-state index in [1.54, 1.807) is 32.2 Å². The Bertz CT molecular complexity index is 741. The predicted molar refractivity (Wildman–Crippen MR) is 81.0 cm³/mol. The molecule has 9 heteroatoms. The SMILES string of the molecule is COc1cc(CNC(=O)Cn2nc(C)c([N+](=O)[O-])c2C)ccn1. The average Bonchev–Trinajstić information content (AvgIpc) is 2.79. The minimum Gasteiger partial charge on any atom is -0.481 e. The van der Waals surface area contributed by atoms with Crippen LogP contribution in [0.1, 0.15) is 17.0 Å². The highest BCUT2D eigenvalue weighted by Gasteiger charge is 2.22. The number of methoxy groups -OCH3 is 1. The van der Waals surface area contributed by atoms with Gasteiger partial charge in [-0.05, 0) is 25.5 Å². The fourth-order valence-electron chi connectivity index (χ4n) is 2.17. The third-order valence-corrected chi connectivity index (χ3v) is 3.32. The number of ether oxygens (including phenoxy) is 1. The van der Waals surface area contributed by atoms with E-state index < -0.39 is 4.92 Å². The summed E-state index contributed by atoms with van der Waals surface area (Å²) in [6.07, 6.45) is 1.59.